The van der Waals surface area contributed by atoms with Crippen molar-refractivity contribution in [2.75, 3.05) is 16.8 Å². The number of benzene rings is 1. The summed E-state index contributed by atoms with van der Waals surface area (Å²) in [5, 5.41) is 3.42. The molecule has 0 aliphatic heterocycles. The number of nitrogens with zero attached hydrogens (tertiary/aromatic N) is 4. The van der Waals surface area contributed by atoms with Crippen molar-refractivity contribution in [2.45, 2.75) is 51.1 Å². The average Bonchev–Trinajstić information content (AvgIpc) is 2.96. The van der Waals surface area contributed by atoms with E-state index >= 15 is 0 Å². The van der Waals surface area contributed by atoms with Crippen LogP contribution >= 0.6 is 0 Å². The summed E-state index contributed by atoms with van der Waals surface area (Å²) in [6, 6.07) is 6.71. The zero-order valence-corrected chi connectivity index (χ0v) is 16.4. The molecule has 1 aliphatic rings. The number of rotatable bonds is 4. The minimum atomic E-state index is 0.306. The highest BCUT2D eigenvalue weighted by molar-refractivity contribution is 5.83. The first kappa shape index (κ1) is 18.5. The lowest BCUT2D eigenvalue weighted by Gasteiger charge is -2.26. The molecule has 2 heterocycles. The van der Waals surface area contributed by atoms with Gasteiger partial charge in [0.2, 0.25) is 5.95 Å². The summed E-state index contributed by atoms with van der Waals surface area (Å²) >= 11 is 0. The van der Waals surface area contributed by atoms with E-state index in [4.69, 9.17) is 17.2 Å². The number of nitrogens with two attached hydrogens (primary N) is 3. The van der Waals surface area contributed by atoms with Gasteiger partial charge in [-0.1, -0.05) is 12.1 Å². The molecule has 1 aromatic carbocycles. The van der Waals surface area contributed by atoms with Crippen LogP contribution < -0.4 is 22.5 Å². The average molecular weight is 381 g/mol. The number of nitrogen functional groups attached to an aromatic ring is 2. The van der Waals surface area contributed by atoms with Crippen LogP contribution in [0.15, 0.2) is 18.2 Å². The molecule has 0 unspecified atom stereocenters. The SMILES string of the molecule is Cc1ccc(Cc2nc3c(N)nc(NC4CCC(N)CC4)nc3n2C)c(N)c1. The highest BCUT2D eigenvalue weighted by atomic mass is 15.2. The normalized spacial score (nSPS) is 19.8. The number of hydrogen-bond acceptors (Lipinski definition) is 7. The first-order chi connectivity index (χ1) is 13.4. The second-order valence-corrected chi connectivity index (χ2v) is 7.83. The highest BCUT2D eigenvalue weighted by Crippen LogP contribution is 2.25. The predicted molar refractivity (Wildman–Crippen MR) is 113 cm³/mol. The second kappa shape index (κ2) is 7.27. The number of aromatic nitrogens is 4. The van der Waals surface area contributed by atoms with E-state index in [-0.39, 0.29) is 0 Å². The Balaban J connectivity index is 1.62. The summed E-state index contributed by atoms with van der Waals surface area (Å²) in [6.45, 7) is 2.03. The third-order valence-electron chi connectivity index (χ3n) is 5.59. The zero-order valence-electron chi connectivity index (χ0n) is 16.4. The van der Waals surface area contributed by atoms with Gasteiger partial charge in [0.15, 0.2) is 17.0 Å². The van der Waals surface area contributed by atoms with Crippen molar-refractivity contribution < 1.29 is 0 Å². The molecule has 1 saturated carbocycles. The molecular weight excluding hydrogens is 352 g/mol. The lowest BCUT2D eigenvalue weighted by atomic mass is 9.92. The third-order valence-corrected chi connectivity index (χ3v) is 5.59. The van der Waals surface area contributed by atoms with Crippen molar-refractivity contribution in [3.05, 3.63) is 35.2 Å². The molecule has 8 nitrogen and oxygen atoms in total. The summed E-state index contributed by atoms with van der Waals surface area (Å²) in [4.78, 5) is 13.8. The number of nitrogens with one attached hydrogen (secondary N) is 1. The Morgan fingerprint density at radius 3 is 2.57 bits per heavy atom. The van der Waals surface area contributed by atoms with Gasteiger partial charge in [0.1, 0.15) is 5.82 Å². The maximum Gasteiger partial charge on any atom is 0.226 e. The quantitative estimate of drug-likeness (QED) is 0.509. The van der Waals surface area contributed by atoms with Gasteiger partial charge in [-0.05, 0) is 49.8 Å². The van der Waals surface area contributed by atoms with Crippen LogP contribution in [0.1, 0.15) is 42.6 Å². The van der Waals surface area contributed by atoms with Gasteiger partial charge in [0.05, 0.1) is 0 Å². The molecule has 28 heavy (non-hydrogen) atoms. The third kappa shape index (κ3) is 3.60. The zero-order chi connectivity index (χ0) is 19.8. The van der Waals surface area contributed by atoms with Crippen molar-refractivity contribution >= 4 is 28.6 Å². The van der Waals surface area contributed by atoms with Crippen LogP contribution in [0.2, 0.25) is 0 Å². The number of hydrogen-bond donors (Lipinski definition) is 4. The van der Waals surface area contributed by atoms with Crippen molar-refractivity contribution in [3.8, 4) is 0 Å². The molecule has 7 N–H and O–H groups in total. The van der Waals surface area contributed by atoms with E-state index in [1.165, 1.54) is 0 Å². The van der Waals surface area contributed by atoms with Crippen LogP contribution in [0, 0.1) is 6.92 Å². The topological polar surface area (TPSA) is 134 Å². The van der Waals surface area contributed by atoms with E-state index in [0.717, 1.165) is 54.0 Å². The van der Waals surface area contributed by atoms with Gasteiger partial charge in [-0.25, -0.2) is 4.98 Å². The van der Waals surface area contributed by atoms with Crippen LogP contribution in [0.4, 0.5) is 17.5 Å². The van der Waals surface area contributed by atoms with Gasteiger partial charge in [-0.15, -0.1) is 0 Å². The van der Waals surface area contributed by atoms with E-state index in [1.54, 1.807) is 0 Å². The molecule has 1 aliphatic carbocycles. The van der Waals surface area contributed by atoms with Crippen molar-refractivity contribution in [3.63, 3.8) is 0 Å². The molecule has 1 fully saturated rings. The van der Waals surface area contributed by atoms with E-state index in [0.29, 0.717) is 35.8 Å². The Labute approximate surface area is 164 Å². The van der Waals surface area contributed by atoms with Crippen LogP contribution in [-0.4, -0.2) is 31.6 Å². The number of anilines is 3. The van der Waals surface area contributed by atoms with Crippen molar-refractivity contribution in [1.29, 1.82) is 0 Å². The highest BCUT2D eigenvalue weighted by Gasteiger charge is 2.21. The Morgan fingerprint density at radius 1 is 1.11 bits per heavy atom. The Bertz CT molecular complexity index is 1000. The van der Waals surface area contributed by atoms with Crippen molar-refractivity contribution in [2.24, 2.45) is 12.8 Å². The Hall–Kier alpha value is -2.87. The summed E-state index contributed by atoms with van der Waals surface area (Å²) in [5.41, 5.74) is 22.7. The Kier molecular flexibility index (Phi) is 4.80. The molecule has 0 saturated heterocycles. The smallest absolute Gasteiger partial charge is 0.226 e. The lowest BCUT2D eigenvalue weighted by Crippen LogP contribution is -2.33. The molecule has 3 aromatic rings. The number of fused-ring (bicyclic) bond motifs is 1. The molecule has 0 spiro atoms. The van der Waals surface area contributed by atoms with Gasteiger partial charge < -0.3 is 27.1 Å². The molecule has 4 rings (SSSR count). The summed E-state index contributed by atoms with van der Waals surface area (Å²) in [6.07, 6.45) is 4.69. The molecule has 0 radical (unpaired) electrons. The van der Waals surface area contributed by atoms with E-state index in [2.05, 4.69) is 26.3 Å². The fourth-order valence-electron chi connectivity index (χ4n) is 3.84. The van der Waals surface area contributed by atoms with Gasteiger partial charge in [-0.2, -0.15) is 9.97 Å². The maximum absolute atomic E-state index is 6.20. The first-order valence-corrected chi connectivity index (χ1v) is 9.76. The number of imidazole rings is 1. The van der Waals surface area contributed by atoms with Crippen LogP contribution in [0.3, 0.4) is 0 Å². The first-order valence-electron chi connectivity index (χ1n) is 9.76. The Morgan fingerprint density at radius 2 is 1.86 bits per heavy atom. The van der Waals surface area contributed by atoms with Gasteiger partial charge in [0.25, 0.3) is 0 Å². The fraction of sp³-hybridized carbons (Fsp3) is 0.450. The molecule has 0 amide bonds. The summed E-state index contributed by atoms with van der Waals surface area (Å²) < 4.78 is 1.97. The molecule has 2 aromatic heterocycles. The fourth-order valence-corrected chi connectivity index (χ4v) is 3.84. The molecule has 8 heteroatoms. The molecule has 0 atom stereocenters. The molecule has 148 valence electrons. The molecular formula is C20H28N8. The van der Waals surface area contributed by atoms with Gasteiger partial charge in [0, 0.05) is 31.2 Å². The monoisotopic (exact) mass is 380 g/mol. The van der Waals surface area contributed by atoms with E-state index < -0.39 is 0 Å². The van der Waals surface area contributed by atoms with E-state index in [1.807, 2.05) is 30.7 Å². The molecule has 0 bridgehead atoms. The number of aryl methyl sites for hydroxylation is 2. The van der Waals surface area contributed by atoms with Gasteiger partial charge >= 0.3 is 0 Å². The summed E-state index contributed by atoms with van der Waals surface area (Å²) in [5.74, 6) is 1.79. The largest absolute Gasteiger partial charge is 0.398 e. The lowest BCUT2D eigenvalue weighted by molar-refractivity contribution is 0.410. The predicted octanol–water partition coefficient (Wildman–Crippen LogP) is 2.11. The standard InChI is InChI=1S/C20H28N8/c1-11-3-4-12(15(22)9-11)10-16-25-17-18(23)26-20(27-19(17)28(16)2)24-14-7-5-13(21)6-8-14/h3-4,9,13-14H,5-8,10,21-22H2,1-2H3,(H3,23,24,26,27). The van der Waals surface area contributed by atoms with E-state index in [9.17, 15) is 0 Å². The van der Waals surface area contributed by atoms with Crippen LogP contribution in [-0.2, 0) is 13.5 Å². The maximum atomic E-state index is 6.20. The second-order valence-electron chi connectivity index (χ2n) is 7.83. The van der Waals surface area contributed by atoms with Gasteiger partial charge in [-0.3, -0.25) is 0 Å². The summed E-state index contributed by atoms with van der Waals surface area (Å²) in [7, 11) is 1.95. The minimum absolute atomic E-state index is 0.306. The minimum Gasteiger partial charge on any atom is -0.398 e. The van der Waals surface area contributed by atoms with Crippen molar-refractivity contribution in [1.82, 2.24) is 19.5 Å². The van der Waals surface area contributed by atoms with Crippen LogP contribution in [0.25, 0.3) is 11.2 Å². The van der Waals surface area contributed by atoms with Crippen LogP contribution in [0.5, 0.6) is 0 Å².